The third-order valence-electron chi connectivity index (χ3n) is 3.77. The number of benzene rings is 2. The van der Waals surface area contributed by atoms with Crippen LogP contribution in [0.4, 0.5) is 11.4 Å². The van der Waals surface area contributed by atoms with Crippen LogP contribution in [0.25, 0.3) is 0 Å². The van der Waals surface area contributed by atoms with Crippen LogP contribution < -0.4 is 5.32 Å². The first-order valence-corrected chi connectivity index (χ1v) is 9.21. The van der Waals surface area contributed by atoms with Crippen molar-refractivity contribution >= 4 is 27.2 Å². The maximum atomic E-state index is 11.1. The molecule has 0 aromatic heterocycles. The lowest BCUT2D eigenvalue weighted by Crippen LogP contribution is -2.25. The fraction of sp³-hybridized carbons (Fsp3) is 0.105. The van der Waals surface area contributed by atoms with E-state index in [1.165, 1.54) is 24.3 Å². The topological polar surface area (TPSA) is 99.0 Å². The SMILES string of the molecule is O=S(=O)(O)c1ccc(N=C2[C]=CC=C(Nc3cc[c]cc3)C2CO)cc1. The molecule has 26 heavy (non-hydrogen) atoms. The van der Waals surface area contributed by atoms with Gasteiger partial charge in [-0.1, -0.05) is 18.2 Å². The minimum absolute atomic E-state index is 0.166. The zero-order valence-electron chi connectivity index (χ0n) is 13.6. The summed E-state index contributed by atoms with van der Waals surface area (Å²) in [5, 5.41) is 13.0. The predicted octanol–water partition coefficient (Wildman–Crippen LogP) is 2.78. The van der Waals surface area contributed by atoms with Crippen LogP contribution in [0.5, 0.6) is 0 Å². The molecule has 0 amide bonds. The van der Waals surface area contributed by atoms with Gasteiger partial charge in [-0.25, -0.2) is 0 Å². The molecule has 0 fully saturated rings. The first-order valence-electron chi connectivity index (χ1n) is 7.77. The van der Waals surface area contributed by atoms with Crippen molar-refractivity contribution in [3.05, 3.63) is 78.5 Å². The highest BCUT2D eigenvalue weighted by Crippen LogP contribution is 2.24. The number of aliphatic hydroxyl groups is 1. The molecule has 2 radical (unpaired) electrons. The minimum Gasteiger partial charge on any atom is -0.395 e. The van der Waals surface area contributed by atoms with Crippen LogP contribution in [0, 0.1) is 18.1 Å². The lowest BCUT2D eigenvalue weighted by Gasteiger charge is -2.22. The van der Waals surface area contributed by atoms with E-state index >= 15 is 0 Å². The van der Waals surface area contributed by atoms with Gasteiger partial charge in [0.25, 0.3) is 10.1 Å². The lowest BCUT2D eigenvalue weighted by molar-refractivity contribution is 0.276. The second-order valence-electron chi connectivity index (χ2n) is 5.55. The van der Waals surface area contributed by atoms with Gasteiger partial charge < -0.3 is 10.4 Å². The Bertz CT molecular complexity index is 962. The Balaban J connectivity index is 1.85. The van der Waals surface area contributed by atoms with Crippen molar-refractivity contribution in [1.82, 2.24) is 0 Å². The highest BCUT2D eigenvalue weighted by molar-refractivity contribution is 7.85. The van der Waals surface area contributed by atoms with Crippen LogP contribution in [0.2, 0.25) is 0 Å². The van der Waals surface area contributed by atoms with E-state index in [0.717, 1.165) is 11.4 Å². The number of aliphatic hydroxyl groups excluding tert-OH is 1. The molecule has 1 unspecified atom stereocenters. The van der Waals surface area contributed by atoms with Crippen LogP contribution in [-0.2, 0) is 10.1 Å². The second-order valence-corrected chi connectivity index (χ2v) is 6.97. The second kappa shape index (κ2) is 7.65. The molecule has 3 N–H and O–H groups in total. The number of rotatable bonds is 5. The van der Waals surface area contributed by atoms with Crippen molar-refractivity contribution in [2.24, 2.45) is 10.9 Å². The summed E-state index contributed by atoms with van der Waals surface area (Å²) in [4.78, 5) is 4.23. The quantitative estimate of drug-likeness (QED) is 0.705. The molecule has 1 aliphatic rings. The summed E-state index contributed by atoms with van der Waals surface area (Å²) in [5.41, 5.74) is 2.63. The van der Waals surface area contributed by atoms with Gasteiger partial charge in [0.1, 0.15) is 0 Å². The highest BCUT2D eigenvalue weighted by Gasteiger charge is 2.21. The Morgan fingerprint density at radius 3 is 2.42 bits per heavy atom. The summed E-state index contributed by atoms with van der Waals surface area (Å²) in [5.74, 6) is -0.398. The molecular formula is C19H16N2O4S. The molecule has 132 valence electrons. The van der Waals surface area contributed by atoms with Crippen molar-refractivity contribution in [2.45, 2.75) is 4.90 Å². The van der Waals surface area contributed by atoms with E-state index in [-0.39, 0.29) is 11.5 Å². The fourth-order valence-electron chi connectivity index (χ4n) is 2.47. The summed E-state index contributed by atoms with van der Waals surface area (Å²) < 4.78 is 31.2. The minimum atomic E-state index is -4.24. The van der Waals surface area contributed by atoms with Crippen LogP contribution in [0.1, 0.15) is 0 Å². The smallest absolute Gasteiger partial charge is 0.294 e. The molecule has 6 nitrogen and oxygen atoms in total. The summed E-state index contributed by atoms with van der Waals surface area (Å²) in [7, 11) is -4.24. The zero-order valence-corrected chi connectivity index (χ0v) is 14.4. The molecule has 1 aliphatic carbocycles. The zero-order chi connectivity index (χ0) is 18.6. The first-order chi connectivity index (χ1) is 12.5. The molecule has 0 bridgehead atoms. The molecule has 3 rings (SSSR count). The Morgan fingerprint density at radius 1 is 1.12 bits per heavy atom. The Morgan fingerprint density at radius 2 is 1.81 bits per heavy atom. The average Bonchev–Trinajstić information content (AvgIpc) is 2.63. The van der Waals surface area contributed by atoms with Crippen molar-refractivity contribution in [3.63, 3.8) is 0 Å². The lowest BCUT2D eigenvalue weighted by atomic mass is 9.95. The molecule has 0 aliphatic heterocycles. The summed E-state index contributed by atoms with van der Waals surface area (Å²) in [6.45, 7) is -0.166. The van der Waals surface area contributed by atoms with Crippen LogP contribution >= 0.6 is 0 Å². The van der Waals surface area contributed by atoms with Crippen molar-refractivity contribution in [3.8, 4) is 0 Å². The maximum absolute atomic E-state index is 11.1. The van der Waals surface area contributed by atoms with Gasteiger partial charge >= 0.3 is 0 Å². The molecule has 2 aromatic rings. The number of nitrogens with one attached hydrogen (secondary N) is 1. The van der Waals surface area contributed by atoms with E-state index in [1.807, 2.05) is 18.2 Å². The highest BCUT2D eigenvalue weighted by atomic mass is 32.2. The molecule has 1 atom stereocenters. The molecular weight excluding hydrogens is 352 g/mol. The molecule has 0 spiro atoms. The Labute approximate surface area is 152 Å². The fourth-order valence-corrected chi connectivity index (χ4v) is 2.95. The number of aliphatic imine (C=N–C) groups is 1. The number of nitrogens with zero attached hydrogens (tertiary/aromatic N) is 1. The van der Waals surface area contributed by atoms with E-state index in [4.69, 9.17) is 4.55 Å². The first kappa shape index (κ1) is 18.1. The summed E-state index contributed by atoms with van der Waals surface area (Å²) in [6.07, 6.45) is 6.52. The predicted molar refractivity (Wildman–Crippen MR) is 98.7 cm³/mol. The van der Waals surface area contributed by atoms with E-state index in [1.54, 1.807) is 18.2 Å². The summed E-state index contributed by atoms with van der Waals surface area (Å²) in [6, 6.07) is 15.7. The molecule has 0 saturated carbocycles. The van der Waals surface area contributed by atoms with Gasteiger partial charge in [-0.3, -0.25) is 9.55 Å². The van der Waals surface area contributed by atoms with E-state index in [2.05, 4.69) is 22.5 Å². The van der Waals surface area contributed by atoms with Gasteiger partial charge in [0, 0.05) is 17.5 Å². The maximum Gasteiger partial charge on any atom is 0.294 e. The van der Waals surface area contributed by atoms with E-state index in [9.17, 15) is 13.5 Å². The molecule has 2 aromatic carbocycles. The van der Waals surface area contributed by atoms with Gasteiger partial charge in [-0.15, -0.1) is 0 Å². The molecule has 0 saturated heterocycles. The third kappa shape index (κ3) is 4.26. The van der Waals surface area contributed by atoms with Gasteiger partial charge in [-0.05, 0) is 48.5 Å². The van der Waals surface area contributed by atoms with Crippen molar-refractivity contribution < 1.29 is 18.1 Å². The Kier molecular flexibility index (Phi) is 5.32. The third-order valence-corrected chi connectivity index (χ3v) is 4.64. The van der Waals surface area contributed by atoms with Gasteiger partial charge in [0.2, 0.25) is 0 Å². The van der Waals surface area contributed by atoms with Crippen molar-refractivity contribution in [2.75, 3.05) is 11.9 Å². The number of hydrogen-bond acceptors (Lipinski definition) is 5. The molecule has 7 heteroatoms. The largest absolute Gasteiger partial charge is 0.395 e. The number of anilines is 1. The Hall–Kier alpha value is -2.74. The van der Waals surface area contributed by atoms with E-state index < -0.39 is 16.0 Å². The van der Waals surface area contributed by atoms with Gasteiger partial charge in [0.15, 0.2) is 0 Å². The number of hydrogen-bond donors (Lipinski definition) is 3. The van der Waals surface area contributed by atoms with E-state index in [0.29, 0.717) is 11.4 Å². The normalized spacial score (nSPS) is 18.6. The summed E-state index contributed by atoms with van der Waals surface area (Å²) >= 11 is 0. The molecule has 0 heterocycles. The number of allylic oxidation sites excluding steroid dienone is 3. The van der Waals surface area contributed by atoms with Gasteiger partial charge in [0.05, 0.1) is 28.8 Å². The monoisotopic (exact) mass is 368 g/mol. The van der Waals surface area contributed by atoms with Crippen molar-refractivity contribution in [1.29, 1.82) is 0 Å². The van der Waals surface area contributed by atoms with Crippen LogP contribution in [0.3, 0.4) is 0 Å². The van der Waals surface area contributed by atoms with Crippen LogP contribution in [0.15, 0.2) is 76.3 Å². The van der Waals surface area contributed by atoms with Gasteiger partial charge in [-0.2, -0.15) is 8.42 Å². The average molecular weight is 368 g/mol. The standard InChI is InChI=1S/C19H16N2O4S/c22-13-17-18(20-14-5-2-1-3-6-14)7-4-8-19(17)21-15-9-11-16(12-10-15)26(23,24)25/h2-7,9-12,17,20,22H,13H2,(H,23,24,25). The van der Waals surface area contributed by atoms with Crippen LogP contribution in [-0.4, -0.2) is 30.4 Å².